The third-order valence-electron chi connectivity index (χ3n) is 4.24. The lowest BCUT2D eigenvalue weighted by Crippen LogP contribution is -2.46. The van der Waals surface area contributed by atoms with Crippen molar-refractivity contribution >= 4 is 22.8 Å². The van der Waals surface area contributed by atoms with Crippen LogP contribution in [-0.4, -0.2) is 52.9 Å². The quantitative estimate of drug-likeness (QED) is 0.763. The Labute approximate surface area is 138 Å². The number of carbonyl (C=O) groups excluding carboxylic acids is 2. The van der Waals surface area contributed by atoms with Gasteiger partial charge >= 0.3 is 0 Å². The molecule has 1 aliphatic heterocycles. The number of aromatic amines is 1. The zero-order chi connectivity index (χ0) is 17.1. The van der Waals surface area contributed by atoms with E-state index in [0.29, 0.717) is 37.2 Å². The van der Waals surface area contributed by atoms with E-state index in [1.807, 2.05) is 0 Å². The average molecular weight is 333 g/mol. The number of carbonyl (C=O) groups is 2. The van der Waals surface area contributed by atoms with Gasteiger partial charge in [0.05, 0.1) is 23.3 Å². The van der Waals surface area contributed by atoms with Gasteiger partial charge in [0.1, 0.15) is 11.3 Å². The Hall–Kier alpha value is -2.48. The molecule has 7 nitrogen and oxygen atoms in total. The normalized spacial score (nSPS) is 17.9. The lowest BCUT2D eigenvalue weighted by molar-refractivity contribution is -0.126. The van der Waals surface area contributed by atoms with Gasteiger partial charge in [-0.05, 0) is 25.0 Å². The third-order valence-corrected chi connectivity index (χ3v) is 4.24. The number of piperidine rings is 1. The molecule has 2 amide bonds. The van der Waals surface area contributed by atoms with Gasteiger partial charge in [-0.15, -0.1) is 0 Å². The van der Waals surface area contributed by atoms with E-state index in [0.717, 1.165) is 12.8 Å². The molecule has 1 aromatic carbocycles. The van der Waals surface area contributed by atoms with Crippen molar-refractivity contribution in [2.75, 3.05) is 26.2 Å². The monoisotopic (exact) mass is 333 g/mol. The first-order chi connectivity index (χ1) is 11.6. The smallest absolute Gasteiger partial charge is 0.256 e. The van der Waals surface area contributed by atoms with Gasteiger partial charge in [0.15, 0.2) is 0 Å². The second-order valence-electron chi connectivity index (χ2n) is 5.92. The molecule has 3 rings (SSSR count). The summed E-state index contributed by atoms with van der Waals surface area (Å²) in [5, 5.41) is 2.76. The Bertz CT molecular complexity index is 760. The number of halogens is 1. The molecular weight excluding hydrogens is 313 g/mol. The van der Waals surface area contributed by atoms with E-state index in [4.69, 9.17) is 5.73 Å². The van der Waals surface area contributed by atoms with E-state index in [1.165, 1.54) is 18.5 Å². The summed E-state index contributed by atoms with van der Waals surface area (Å²) in [5.74, 6) is -1.16. The molecule has 0 radical (unpaired) electrons. The van der Waals surface area contributed by atoms with Crippen molar-refractivity contribution in [2.45, 2.75) is 12.8 Å². The van der Waals surface area contributed by atoms with Gasteiger partial charge < -0.3 is 20.9 Å². The van der Waals surface area contributed by atoms with Crippen LogP contribution in [0.5, 0.6) is 0 Å². The zero-order valence-corrected chi connectivity index (χ0v) is 13.2. The maximum atomic E-state index is 13.8. The summed E-state index contributed by atoms with van der Waals surface area (Å²) in [4.78, 5) is 33.4. The molecule has 0 bridgehead atoms. The topological polar surface area (TPSA) is 104 Å². The van der Waals surface area contributed by atoms with Crippen molar-refractivity contribution in [1.29, 1.82) is 0 Å². The second kappa shape index (κ2) is 6.96. The number of amides is 2. The maximum Gasteiger partial charge on any atom is 0.256 e. The molecule has 128 valence electrons. The van der Waals surface area contributed by atoms with Crippen LogP contribution in [0.2, 0.25) is 0 Å². The predicted octanol–water partition coefficient (Wildman–Crippen LogP) is 0.629. The molecule has 8 heteroatoms. The van der Waals surface area contributed by atoms with Crippen molar-refractivity contribution in [3.05, 3.63) is 29.8 Å². The molecule has 0 spiro atoms. The van der Waals surface area contributed by atoms with Crippen LogP contribution >= 0.6 is 0 Å². The van der Waals surface area contributed by atoms with E-state index >= 15 is 0 Å². The molecule has 1 aliphatic rings. The summed E-state index contributed by atoms with van der Waals surface area (Å²) in [7, 11) is 0. The van der Waals surface area contributed by atoms with Gasteiger partial charge in [0, 0.05) is 26.2 Å². The van der Waals surface area contributed by atoms with Crippen molar-refractivity contribution < 1.29 is 14.0 Å². The minimum Gasteiger partial charge on any atom is -0.355 e. The molecule has 1 unspecified atom stereocenters. The Morgan fingerprint density at radius 1 is 1.46 bits per heavy atom. The number of H-pyrrole nitrogens is 1. The lowest BCUT2D eigenvalue weighted by Gasteiger charge is -2.32. The van der Waals surface area contributed by atoms with Crippen LogP contribution in [0.1, 0.15) is 23.2 Å². The predicted molar refractivity (Wildman–Crippen MR) is 86.7 cm³/mol. The summed E-state index contributed by atoms with van der Waals surface area (Å²) in [5.41, 5.74) is 6.53. The Kier molecular flexibility index (Phi) is 4.75. The number of hydrogen-bond donors (Lipinski definition) is 3. The van der Waals surface area contributed by atoms with Crippen LogP contribution in [0.3, 0.4) is 0 Å². The molecule has 1 saturated heterocycles. The van der Waals surface area contributed by atoms with Gasteiger partial charge in [-0.25, -0.2) is 9.37 Å². The van der Waals surface area contributed by atoms with Gasteiger partial charge in [0.2, 0.25) is 5.91 Å². The number of likely N-dealkylation sites (tertiary alicyclic amines) is 1. The number of imidazole rings is 1. The third kappa shape index (κ3) is 3.23. The van der Waals surface area contributed by atoms with Crippen LogP contribution in [0.4, 0.5) is 4.39 Å². The van der Waals surface area contributed by atoms with Gasteiger partial charge in [0.25, 0.3) is 5.91 Å². The standard InChI is InChI=1S/C16H20FN5O2/c17-11-6-12(14-13(7-11)20-9-21-14)16(24)22-5-1-2-10(8-22)15(23)19-4-3-18/h6-7,9-10H,1-5,8,18H2,(H,19,23)(H,20,21). The highest BCUT2D eigenvalue weighted by Crippen LogP contribution is 2.23. The highest BCUT2D eigenvalue weighted by atomic mass is 19.1. The molecule has 1 atom stereocenters. The molecule has 24 heavy (non-hydrogen) atoms. The number of nitrogens with two attached hydrogens (primary N) is 1. The Morgan fingerprint density at radius 3 is 3.08 bits per heavy atom. The highest BCUT2D eigenvalue weighted by Gasteiger charge is 2.30. The van der Waals surface area contributed by atoms with Crippen LogP contribution in [0.15, 0.2) is 18.5 Å². The van der Waals surface area contributed by atoms with Crippen LogP contribution < -0.4 is 11.1 Å². The Balaban J connectivity index is 1.79. The first kappa shape index (κ1) is 16.4. The van der Waals surface area contributed by atoms with E-state index in [2.05, 4.69) is 15.3 Å². The minimum atomic E-state index is -0.496. The van der Waals surface area contributed by atoms with Crippen molar-refractivity contribution in [3.63, 3.8) is 0 Å². The fourth-order valence-electron chi connectivity index (χ4n) is 3.06. The summed E-state index contributed by atoms with van der Waals surface area (Å²) in [6.45, 7) is 1.65. The van der Waals surface area contributed by atoms with Crippen LogP contribution in [0, 0.1) is 11.7 Å². The van der Waals surface area contributed by atoms with Gasteiger partial charge in [-0.2, -0.15) is 0 Å². The Morgan fingerprint density at radius 2 is 2.29 bits per heavy atom. The number of rotatable bonds is 4. The fourth-order valence-corrected chi connectivity index (χ4v) is 3.06. The first-order valence-corrected chi connectivity index (χ1v) is 8.00. The minimum absolute atomic E-state index is 0.0953. The summed E-state index contributed by atoms with van der Waals surface area (Å²) in [6, 6.07) is 2.50. The summed E-state index contributed by atoms with van der Waals surface area (Å²) in [6.07, 6.45) is 2.88. The van der Waals surface area contributed by atoms with E-state index in [-0.39, 0.29) is 23.3 Å². The molecule has 1 fully saturated rings. The highest BCUT2D eigenvalue weighted by molar-refractivity contribution is 6.05. The molecular formula is C16H20FN5O2. The zero-order valence-electron chi connectivity index (χ0n) is 13.2. The molecule has 0 aliphatic carbocycles. The van der Waals surface area contributed by atoms with Gasteiger partial charge in [-0.1, -0.05) is 0 Å². The first-order valence-electron chi connectivity index (χ1n) is 8.00. The number of nitrogens with zero attached hydrogens (tertiary/aromatic N) is 2. The molecule has 4 N–H and O–H groups in total. The van der Waals surface area contributed by atoms with Gasteiger partial charge in [-0.3, -0.25) is 9.59 Å². The molecule has 2 aromatic rings. The van der Waals surface area contributed by atoms with Crippen molar-refractivity contribution in [2.24, 2.45) is 11.7 Å². The number of nitrogens with one attached hydrogen (secondary N) is 2. The summed E-state index contributed by atoms with van der Waals surface area (Å²) >= 11 is 0. The van der Waals surface area contributed by atoms with E-state index in [1.54, 1.807) is 4.90 Å². The number of fused-ring (bicyclic) bond motifs is 1. The van der Waals surface area contributed by atoms with Crippen molar-refractivity contribution in [3.8, 4) is 0 Å². The SMILES string of the molecule is NCCNC(=O)C1CCCN(C(=O)c2cc(F)cc3[nH]cnc23)C1. The fraction of sp³-hybridized carbons (Fsp3) is 0.438. The van der Waals surface area contributed by atoms with E-state index < -0.39 is 5.82 Å². The number of benzene rings is 1. The number of hydrogen-bond acceptors (Lipinski definition) is 4. The number of aromatic nitrogens is 2. The van der Waals surface area contributed by atoms with Crippen LogP contribution in [-0.2, 0) is 4.79 Å². The van der Waals surface area contributed by atoms with E-state index in [9.17, 15) is 14.0 Å². The molecule has 2 heterocycles. The average Bonchev–Trinajstić information content (AvgIpc) is 3.06. The maximum absolute atomic E-state index is 13.8. The largest absolute Gasteiger partial charge is 0.355 e. The molecule has 1 aromatic heterocycles. The summed E-state index contributed by atoms with van der Waals surface area (Å²) < 4.78 is 13.8. The lowest BCUT2D eigenvalue weighted by atomic mass is 9.96. The van der Waals surface area contributed by atoms with Crippen molar-refractivity contribution in [1.82, 2.24) is 20.2 Å². The molecule has 0 saturated carbocycles. The second-order valence-corrected chi connectivity index (χ2v) is 5.92. The van der Waals surface area contributed by atoms with Crippen LogP contribution in [0.25, 0.3) is 11.0 Å².